The third-order valence-corrected chi connectivity index (χ3v) is 6.45. The lowest BCUT2D eigenvalue weighted by atomic mass is 9.91. The number of aromatic nitrogens is 3. The number of carbonyl (C=O) groups is 1. The van der Waals surface area contributed by atoms with Crippen LogP contribution in [0.25, 0.3) is 0 Å². The standard InChI is InChI=1S/C25H20ClN5O4/c1-35-19-11-9-16(10-12-19)22-14-23(20-7-2-3-8-21(20)26)30-25(27-15-28-30)29(22)24(32)17-5-4-6-18(13-17)31(33)34/h2-13,15,22-23H,14H2,1H3/t22-,23+/m1/s1. The van der Waals surface area contributed by atoms with E-state index in [2.05, 4.69) is 10.1 Å². The summed E-state index contributed by atoms with van der Waals surface area (Å²) in [5, 5.41) is 16.3. The monoisotopic (exact) mass is 489 g/mol. The zero-order valence-corrected chi connectivity index (χ0v) is 19.4. The van der Waals surface area contributed by atoms with Gasteiger partial charge >= 0.3 is 0 Å². The molecule has 1 aromatic heterocycles. The fourth-order valence-corrected chi connectivity index (χ4v) is 4.69. The number of nitro groups is 1. The van der Waals surface area contributed by atoms with Gasteiger partial charge in [0.05, 0.1) is 24.1 Å². The summed E-state index contributed by atoms with van der Waals surface area (Å²) in [6.07, 6.45) is 1.86. The van der Waals surface area contributed by atoms with Crippen molar-refractivity contribution in [1.82, 2.24) is 14.8 Å². The third-order valence-electron chi connectivity index (χ3n) is 6.11. The first-order chi connectivity index (χ1) is 17.0. The van der Waals surface area contributed by atoms with E-state index in [0.717, 1.165) is 11.1 Å². The number of amides is 1. The molecule has 0 N–H and O–H groups in total. The van der Waals surface area contributed by atoms with Crippen LogP contribution >= 0.6 is 11.6 Å². The molecule has 0 fully saturated rings. The highest BCUT2D eigenvalue weighted by atomic mass is 35.5. The van der Waals surface area contributed by atoms with Gasteiger partial charge in [0.1, 0.15) is 12.1 Å². The van der Waals surface area contributed by atoms with Crippen molar-refractivity contribution in [2.45, 2.75) is 18.5 Å². The van der Waals surface area contributed by atoms with E-state index in [1.807, 2.05) is 48.5 Å². The van der Waals surface area contributed by atoms with Gasteiger partial charge in [-0.15, -0.1) is 0 Å². The van der Waals surface area contributed by atoms with Gasteiger partial charge in [-0.3, -0.25) is 19.8 Å². The van der Waals surface area contributed by atoms with Gasteiger partial charge in [-0.2, -0.15) is 10.1 Å². The van der Waals surface area contributed by atoms with E-state index in [9.17, 15) is 14.9 Å². The second-order valence-electron chi connectivity index (χ2n) is 8.05. The molecule has 0 spiro atoms. The van der Waals surface area contributed by atoms with E-state index < -0.39 is 16.9 Å². The number of fused-ring (bicyclic) bond motifs is 1. The zero-order valence-electron chi connectivity index (χ0n) is 18.6. The molecule has 176 valence electrons. The minimum absolute atomic E-state index is 0.163. The molecule has 0 radical (unpaired) electrons. The number of nitrogens with zero attached hydrogens (tertiary/aromatic N) is 5. The summed E-state index contributed by atoms with van der Waals surface area (Å²) >= 11 is 6.54. The summed E-state index contributed by atoms with van der Waals surface area (Å²) in [4.78, 5) is 30.6. The van der Waals surface area contributed by atoms with Gasteiger partial charge in [-0.1, -0.05) is 48.0 Å². The lowest BCUT2D eigenvalue weighted by Crippen LogP contribution is -2.42. The number of anilines is 1. The molecule has 2 atom stereocenters. The number of carbonyl (C=O) groups excluding carboxylic acids is 1. The first-order valence-electron chi connectivity index (χ1n) is 10.8. The molecule has 9 nitrogen and oxygen atoms in total. The van der Waals surface area contributed by atoms with Crippen LogP contribution in [0.3, 0.4) is 0 Å². The number of hydrogen-bond donors (Lipinski definition) is 0. The Bertz CT molecular complexity index is 1410. The fraction of sp³-hybridized carbons (Fsp3) is 0.160. The Morgan fingerprint density at radius 2 is 1.86 bits per heavy atom. The van der Waals surface area contributed by atoms with Gasteiger partial charge in [0.15, 0.2) is 0 Å². The van der Waals surface area contributed by atoms with Crippen LogP contribution in [0, 0.1) is 10.1 Å². The largest absolute Gasteiger partial charge is 0.497 e. The van der Waals surface area contributed by atoms with E-state index in [4.69, 9.17) is 16.3 Å². The van der Waals surface area contributed by atoms with Gasteiger partial charge in [0.2, 0.25) is 5.95 Å². The molecule has 0 aliphatic carbocycles. The van der Waals surface area contributed by atoms with E-state index in [0.29, 0.717) is 23.1 Å². The van der Waals surface area contributed by atoms with Crippen LogP contribution in [0.2, 0.25) is 5.02 Å². The first-order valence-corrected chi connectivity index (χ1v) is 11.2. The number of ether oxygens (including phenoxy) is 1. The molecule has 0 saturated carbocycles. The summed E-state index contributed by atoms with van der Waals surface area (Å²) in [5.41, 5.74) is 1.74. The highest BCUT2D eigenvalue weighted by Crippen LogP contribution is 2.44. The number of hydrogen-bond acceptors (Lipinski definition) is 6. The van der Waals surface area contributed by atoms with E-state index in [1.54, 1.807) is 22.8 Å². The van der Waals surface area contributed by atoms with Gasteiger partial charge in [0.25, 0.3) is 11.6 Å². The maximum absolute atomic E-state index is 13.8. The van der Waals surface area contributed by atoms with Crippen LogP contribution in [0.5, 0.6) is 5.75 Å². The van der Waals surface area contributed by atoms with Crippen LogP contribution < -0.4 is 9.64 Å². The Morgan fingerprint density at radius 1 is 1.09 bits per heavy atom. The van der Waals surface area contributed by atoms with Crippen molar-refractivity contribution in [3.05, 3.63) is 111 Å². The molecule has 10 heteroatoms. The molecular formula is C25H20ClN5O4. The average Bonchev–Trinajstić information content (AvgIpc) is 3.38. The zero-order chi connectivity index (χ0) is 24.5. The Morgan fingerprint density at radius 3 is 2.57 bits per heavy atom. The smallest absolute Gasteiger partial charge is 0.270 e. The maximum Gasteiger partial charge on any atom is 0.270 e. The van der Waals surface area contributed by atoms with Crippen molar-refractivity contribution in [1.29, 1.82) is 0 Å². The number of nitro benzene ring substituents is 1. The number of halogens is 1. The predicted molar refractivity (Wildman–Crippen MR) is 130 cm³/mol. The van der Waals surface area contributed by atoms with Crippen molar-refractivity contribution in [2.75, 3.05) is 12.0 Å². The van der Waals surface area contributed by atoms with E-state index >= 15 is 0 Å². The van der Waals surface area contributed by atoms with Crippen molar-refractivity contribution in [2.24, 2.45) is 0 Å². The molecule has 35 heavy (non-hydrogen) atoms. The van der Waals surface area contributed by atoms with Crippen molar-refractivity contribution < 1.29 is 14.5 Å². The van der Waals surface area contributed by atoms with Gasteiger partial charge in [-0.25, -0.2) is 4.68 Å². The third kappa shape index (κ3) is 4.10. The highest BCUT2D eigenvalue weighted by molar-refractivity contribution is 6.31. The van der Waals surface area contributed by atoms with Crippen LogP contribution in [-0.4, -0.2) is 32.7 Å². The molecule has 0 bridgehead atoms. The van der Waals surface area contributed by atoms with Gasteiger partial charge in [-0.05, 0) is 41.8 Å². The van der Waals surface area contributed by atoms with Crippen molar-refractivity contribution >= 4 is 29.1 Å². The van der Waals surface area contributed by atoms with Crippen LogP contribution in [0.15, 0.2) is 79.1 Å². The number of non-ortho nitro benzene ring substituents is 1. The molecule has 5 rings (SSSR count). The minimum Gasteiger partial charge on any atom is -0.497 e. The average molecular weight is 490 g/mol. The number of benzene rings is 3. The Labute approximate surface area is 205 Å². The van der Waals surface area contributed by atoms with Gasteiger partial charge < -0.3 is 4.74 Å². The minimum atomic E-state index is -0.524. The fourth-order valence-electron chi connectivity index (χ4n) is 4.43. The lowest BCUT2D eigenvalue weighted by molar-refractivity contribution is -0.384. The molecule has 1 aliphatic heterocycles. The highest BCUT2D eigenvalue weighted by Gasteiger charge is 2.40. The Kier molecular flexibility index (Phi) is 5.92. The Hall–Kier alpha value is -4.24. The van der Waals surface area contributed by atoms with Crippen LogP contribution in [-0.2, 0) is 0 Å². The van der Waals surface area contributed by atoms with Gasteiger partial charge in [0, 0.05) is 22.7 Å². The maximum atomic E-state index is 13.8. The molecule has 1 aliphatic rings. The van der Waals surface area contributed by atoms with Crippen molar-refractivity contribution in [3.8, 4) is 5.75 Å². The van der Waals surface area contributed by atoms with E-state index in [-0.39, 0.29) is 17.3 Å². The quantitative estimate of drug-likeness (QED) is 0.281. The predicted octanol–water partition coefficient (Wildman–Crippen LogP) is 5.23. The summed E-state index contributed by atoms with van der Waals surface area (Å²) in [5.74, 6) is 0.604. The normalized spacial score (nSPS) is 17.0. The van der Waals surface area contributed by atoms with Crippen LogP contribution in [0.4, 0.5) is 11.6 Å². The molecule has 0 saturated heterocycles. The summed E-state index contributed by atoms with van der Waals surface area (Å²) in [6.45, 7) is 0. The molecule has 2 heterocycles. The van der Waals surface area contributed by atoms with E-state index in [1.165, 1.54) is 24.5 Å². The molecule has 1 amide bonds. The SMILES string of the molecule is COc1ccc([C@H]2C[C@@H](c3ccccc3Cl)n3ncnc3N2C(=O)c2cccc([N+](=O)[O-])c2)cc1. The molecular weight excluding hydrogens is 470 g/mol. The lowest BCUT2D eigenvalue weighted by Gasteiger charge is -2.39. The molecule has 0 unspecified atom stereocenters. The van der Waals surface area contributed by atoms with Crippen molar-refractivity contribution in [3.63, 3.8) is 0 Å². The summed E-state index contributed by atoms with van der Waals surface area (Å²) < 4.78 is 6.97. The Balaban J connectivity index is 1.65. The molecule has 4 aromatic rings. The second-order valence-corrected chi connectivity index (χ2v) is 8.46. The first kappa shape index (κ1) is 22.5. The summed E-state index contributed by atoms with van der Waals surface area (Å²) in [7, 11) is 1.59. The molecule has 3 aromatic carbocycles. The van der Waals surface area contributed by atoms with Crippen LogP contribution in [0.1, 0.15) is 40.0 Å². The number of rotatable bonds is 5. The summed E-state index contributed by atoms with van der Waals surface area (Å²) in [6, 6.07) is 19.9. The second kappa shape index (κ2) is 9.19. The number of methoxy groups -OCH3 is 1. The topological polar surface area (TPSA) is 103 Å².